The molecule has 0 aliphatic carbocycles. The number of benzene rings is 1. The summed E-state index contributed by atoms with van der Waals surface area (Å²) in [6, 6.07) is 6.44. The van der Waals surface area contributed by atoms with E-state index in [4.69, 9.17) is 9.47 Å². The Bertz CT molecular complexity index is 928. The Morgan fingerprint density at radius 1 is 1.07 bits per heavy atom. The van der Waals surface area contributed by atoms with Crippen molar-refractivity contribution >= 4 is 16.0 Å². The van der Waals surface area contributed by atoms with Gasteiger partial charge in [-0.05, 0) is 44.4 Å². The average molecular weight is 407 g/mol. The summed E-state index contributed by atoms with van der Waals surface area (Å²) >= 11 is 0. The molecule has 0 amide bonds. The van der Waals surface area contributed by atoms with Gasteiger partial charge in [-0.15, -0.1) is 0 Å². The Hall–Kier alpha value is -2.39. The number of hydrogen-bond acceptors (Lipinski definition) is 7. The zero-order valence-electron chi connectivity index (χ0n) is 16.4. The highest BCUT2D eigenvalue weighted by molar-refractivity contribution is 7.89. The van der Waals surface area contributed by atoms with Gasteiger partial charge in [-0.3, -0.25) is 0 Å². The SMILES string of the molecule is COc1ccc(OC)c(S(=O)(=O)NCc2cc(C)nc(N3CCCCC3)n2)c1. The minimum atomic E-state index is -3.81. The molecule has 1 saturated heterocycles. The minimum Gasteiger partial charge on any atom is -0.497 e. The number of nitrogens with zero attached hydrogens (tertiary/aromatic N) is 3. The molecule has 1 aromatic carbocycles. The van der Waals surface area contributed by atoms with E-state index in [0.717, 1.165) is 31.6 Å². The smallest absolute Gasteiger partial charge is 0.244 e. The maximum atomic E-state index is 12.8. The van der Waals surface area contributed by atoms with Gasteiger partial charge in [0.15, 0.2) is 0 Å². The molecule has 3 rings (SSSR count). The summed E-state index contributed by atoms with van der Waals surface area (Å²) in [6.45, 7) is 3.80. The van der Waals surface area contributed by atoms with Gasteiger partial charge in [0.2, 0.25) is 16.0 Å². The number of aromatic nitrogens is 2. The molecule has 1 aliphatic heterocycles. The molecule has 1 aromatic heterocycles. The second-order valence-corrected chi connectivity index (χ2v) is 8.43. The van der Waals surface area contributed by atoms with Crippen LogP contribution in [0, 0.1) is 6.92 Å². The van der Waals surface area contributed by atoms with Gasteiger partial charge < -0.3 is 14.4 Å². The second kappa shape index (κ2) is 8.74. The number of hydrogen-bond donors (Lipinski definition) is 1. The van der Waals surface area contributed by atoms with Crippen LogP contribution in [0.25, 0.3) is 0 Å². The number of rotatable bonds is 7. The van der Waals surface area contributed by atoms with E-state index in [9.17, 15) is 8.42 Å². The van der Waals surface area contributed by atoms with Crippen molar-refractivity contribution in [2.75, 3.05) is 32.2 Å². The maximum absolute atomic E-state index is 12.8. The van der Waals surface area contributed by atoms with Gasteiger partial charge in [-0.2, -0.15) is 0 Å². The van der Waals surface area contributed by atoms with Crippen molar-refractivity contribution in [3.05, 3.63) is 35.7 Å². The number of nitrogens with one attached hydrogen (secondary N) is 1. The second-order valence-electron chi connectivity index (χ2n) is 6.69. The van der Waals surface area contributed by atoms with Crippen LogP contribution in [0.3, 0.4) is 0 Å². The van der Waals surface area contributed by atoms with Crippen LogP contribution < -0.4 is 19.1 Å². The highest BCUT2D eigenvalue weighted by Crippen LogP contribution is 2.28. The molecule has 2 heterocycles. The number of aryl methyl sites for hydroxylation is 1. The summed E-state index contributed by atoms with van der Waals surface area (Å²) in [7, 11) is -0.900. The summed E-state index contributed by atoms with van der Waals surface area (Å²) in [5.41, 5.74) is 1.43. The van der Waals surface area contributed by atoms with Gasteiger partial charge in [0, 0.05) is 24.8 Å². The zero-order chi connectivity index (χ0) is 20.1. The molecule has 0 unspecified atom stereocenters. The Labute approximate surface area is 166 Å². The standard InChI is InChI=1S/C19H26N4O4S/c1-14-11-15(22-19(21-14)23-9-5-4-6-10-23)13-20-28(24,25)18-12-16(26-2)7-8-17(18)27-3/h7-8,11-12,20H,4-6,9-10,13H2,1-3H3. The molecule has 9 heteroatoms. The van der Waals surface area contributed by atoms with Crippen LogP contribution in [-0.2, 0) is 16.6 Å². The van der Waals surface area contributed by atoms with Crippen molar-refractivity contribution < 1.29 is 17.9 Å². The minimum absolute atomic E-state index is 0.0244. The molecule has 0 bridgehead atoms. The molecular weight excluding hydrogens is 380 g/mol. The third kappa shape index (κ3) is 4.71. The molecule has 28 heavy (non-hydrogen) atoms. The molecule has 0 saturated carbocycles. The number of anilines is 1. The van der Waals surface area contributed by atoms with Gasteiger partial charge >= 0.3 is 0 Å². The third-order valence-electron chi connectivity index (χ3n) is 4.64. The largest absolute Gasteiger partial charge is 0.497 e. The number of piperidine rings is 1. The fourth-order valence-corrected chi connectivity index (χ4v) is 4.36. The summed E-state index contributed by atoms with van der Waals surface area (Å²) in [5, 5.41) is 0. The van der Waals surface area contributed by atoms with E-state index in [1.54, 1.807) is 18.2 Å². The zero-order valence-corrected chi connectivity index (χ0v) is 17.3. The topological polar surface area (TPSA) is 93.6 Å². The monoisotopic (exact) mass is 406 g/mol. The van der Waals surface area contributed by atoms with Crippen LogP contribution in [0.4, 0.5) is 5.95 Å². The van der Waals surface area contributed by atoms with Crippen LogP contribution in [-0.4, -0.2) is 45.7 Å². The van der Waals surface area contributed by atoms with E-state index in [0.29, 0.717) is 17.4 Å². The molecule has 152 valence electrons. The predicted molar refractivity (Wildman–Crippen MR) is 106 cm³/mol. The molecule has 8 nitrogen and oxygen atoms in total. The quantitative estimate of drug-likeness (QED) is 0.754. The van der Waals surface area contributed by atoms with Gasteiger partial charge in [0.05, 0.1) is 26.5 Å². The van der Waals surface area contributed by atoms with E-state index >= 15 is 0 Å². The number of methoxy groups -OCH3 is 2. The maximum Gasteiger partial charge on any atom is 0.244 e. The van der Waals surface area contributed by atoms with Crippen LogP contribution in [0.15, 0.2) is 29.2 Å². The van der Waals surface area contributed by atoms with Crippen LogP contribution in [0.2, 0.25) is 0 Å². The van der Waals surface area contributed by atoms with E-state index < -0.39 is 10.0 Å². The fourth-order valence-electron chi connectivity index (χ4n) is 3.18. The van der Waals surface area contributed by atoms with Crippen molar-refractivity contribution in [2.24, 2.45) is 0 Å². The molecule has 0 radical (unpaired) electrons. The first kappa shape index (κ1) is 20.3. The summed E-state index contributed by atoms with van der Waals surface area (Å²) in [4.78, 5) is 11.3. The van der Waals surface area contributed by atoms with Crippen molar-refractivity contribution in [3.63, 3.8) is 0 Å². The molecule has 0 atom stereocenters. The normalized spacial score (nSPS) is 14.8. The number of ether oxygens (including phenoxy) is 2. The van der Waals surface area contributed by atoms with Crippen LogP contribution in [0.5, 0.6) is 11.5 Å². The van der Waals surface area contributed by atoms with E-state index in [1.807, 2.05) is 6.92 Å². The molecule has 2 aromatic rings. The fraction of sp³-hybridized carbons (Fsp3) is 0.474. The van der Waals surface area contributed by atoms with Crippen molar-refractivity contribution in [3.8, 4) is 11.5 Å². The van der Waals surface area contributed by atoms with Gasteiger partial charge in [-0.25, -0.2) is 23.1 Å². The lowest BCUT2D eigenvalue weighted by Crippen LogP contribution is -2.32. The van der Waals surface area contributed by atoms with Crippen LogP contribution in [0.1, 0.15) is 30.7 Å². The van der Waals surface area contributed by atoms with Crippen molar-refractivity contribution in [2.45, 2.75) is 37.6 Å². The lowest BCUT2D eigenvalue weighted by atomic mass is 10.1. The van der Waals surface area contributed by atoms with Crippen LogP contribution >= 0.6 is 0 Å². The molecule has 1 N–H and O–H groups in total. The predicted octanol–water partition coefficient (Wildman–Crippen LogP) is 2.27. The van der Waals surface area contributed by atoms with Gasteiger partial charge in [-0.1, -0.05) is 0 Å². The summed E-state index contributed by atoms with van der Waals surface area (Å²) in [5.74, 6) is 1.35. The summed E-state index contributed by atoms with van der Waals surface area (Å²) in [6.07, 6.45) is 3.46. The molecule has 1 aliphatic rings. The highest BCUT2D eigenvalue weighted by atomic mass is 32.2. The van der Waals surface area contributed by atoms with Crippen molar-refractivity contribution in [1.29, 1.82) is 0 Å². The molecular formula is C19H26N4O4S. The van der Waals surface area contributed by atoms with Gasteiger partial charge in [0.1, 0.15) is 16.4 Å². The van der Waals surface area contributed by atoms with E-state index in [-0.39, 0.29) is 17.2 Å². The Kier molecular flexibility index (Phi) is 6.35. The van der Waals surface area contributed by atoms with E-state index in [2.05, 4.69) is 19.6 Å². The molecule has 1 fully saturated rings. The van der Waals surface area contributed by atoms with Gasteiger partial charge in [0.25, 0.3) is 0 Å². The first-order valence-electron chi connectivity index (χ1n) is 9.24. The Morgan fingerprint density at radius 2 is 1.82 bits per heavy atom. The lowest BCUT2D eigenvalue weighted by Gasteiger charge is -2.27. The first-order chi connectivity index (χ1) is 13.4. The average Bonchev–Trinajstić information content (AvgIpc) is 2.72. The summed E-state index contributed by atoms with van der Waals surface area (Å²) < 4.78 is 38.6. The van der Waals surface area contributed by atoms with Crippen molar-refractivity contribution in [1.82, 2.24) is 14.7 Å². The number of sulfonamides is 1. The third-order valence-corrected chi connectivity index (χ3v) is 6.06. The molecule has 0 spiro atoms. The lowest BCUT2D eigenvalue weighted by molar-refractivity contribution is 0.392. The highest BCUT2D eigenvalue weighted by Gasteiger charge is 2.21. The first-order valence-corrected chi connectivity index (χ1v) is 10.7. The Balaban J connectivity index is 1.80. The Morgan fingerprint density at radius 3 is 2.50 bits per heavy atom. The van der Waals surface area contributed by atoms with E-state index in [1.165, 1.54) is 26.7 Å².